The Hall–Kier alpha value is -0.810. The summed E-state index contributed by atoms with van der Waals surface area (Å²) in [6.45, 7) is 7.98. The predicted molar refractivity (Wildman–Crippen MR) is 82.6 cm³/mol. The lowest BCUT2D eigenvalue weighted by molar-refractivity contribution is 0.141. The highest BCUT2D eigenvalue weighted by Crippen LogP contribution is 2.29. The van der Waals surface area contributed by atoms with Gasteiger partial charge in [0.15, 0.2) is 0 Å². The highest BCUT2D eigenvalue weighted by atomic mass is 35.5. The van der Waals surface area contributed by atoms with Gasteiger partial charge in [0.05, 0.1) is 30.5 Å². The Labute approximate surface area is 126 Å². The van der Waals surface area contributed by atoms with Crippen LogP contribution in [0.4, 0.5) is 5.69 Å². The van der Waals surface area contributed by atoms with E-state index < -0.39 is 0 Å². The molecule has 0 aliphatic rings. The maximum absolute atomic E-state index is 9.49. The van der Waals surface area contributed by atoms with E-state index >= 15 is 0 Å². The number of halogens is 1. The van der Waals surface area contributed by atoms with Crippen molar-refractivity contribution < 1.29 is 14.6 Å². The van der Waals surface area contributed by atoms with Crippen molar-refractivity contribution in [2.45, 2.75) is 20.5 Å². The van der Waals surface area contributed by atoms with Crippen molar-refractivity contribution in [1.29, 1.82) is 0 Å². The Morgan fingerprint density at radius 2 is 1.70 bits per heavy atom. The van der Waals surface area contributed by atoms with Crippen LogP contribution < -0.4 is 4.90 Å². The number of anilines is 1. The van der Waals surface area contributed by atoms with E-state index in [1.54, 1.807) is 0 Å². The van der Waals surface area contributed by atoms with E-state index in [-0.39, 0.29) is 6.61 Å². The SMILES string of the molecule is CCOCCN(CCOCC)c1c(Cl)cccc1CO. The normalized spacial score (nSPS) is 10.8. The summed E-state index contributed by atoms with van der Waals surface area (Å²) in [5, 5.41) is 10.1. The maximum atomic E-state index is 9.49. The summed E-state index contributed by atoms with van der Waals surface area (Å²) in [5.74, 6) is 0. The molecular formula is C15H24ClNO3. The van der Waals surface area contributed by atoms with Crippen LogP contribution in [-0.4, -0.2) is 44.6 Å². The number of hydrogen-bond acceptors (Lipinski definition) is 4. The molecule has 20 heavy (non-hydrogen) atoms. The summed E-state index contributed by atoms with van der Waals surface area (Å²) in [6, 6.07) is 5.57. The van der Waals surface area contributed by atoms with Crippen molar-refractivity contribution in [3.05, 3.63) is 28.8 Å². The molecule has 0 spiro atoms. The van der Waals surface area contributed by atoms with Crippen LogP contribution in [0.15, 0.2) is 18.2 Å². The summed E-state index contributed by atoms with van der Waals surface area (Å²) in [4.78, 5) is 2.11. The van der Waals surface area contributed by atoms with Crippen LogP contribution >= 0.6 is 11.6 Å². The Morgan fingerprint density at radius 1 is 1.10 bits per heavy atom. The van der Waals surface area contributed by atoms with Gasteiger partial charge in [-0.1, -0.05) is 23.7 Å². The van der Waals surface area contributed by atoms with Gasteiger partial charge in [0.2, 0.25) is 0 Å². The highest BCUT2D eigenvalue weighted by Gasteiger charge is 2.14. The molecule has 5 heteroatoms. The molecule has 0 saturated heterocycles. The van der Waals surface area contributed by atoms with Crippen LogP contribution in [0.5, 0.6) is 0 Å². The third-order valence-electron chi connectivity index (χ3n) is 2.98. The number of para-hydroxylation sites is 1. The fourth-order valence-electron chi connectivity index (χ4n) is 2.02. The molecule has 0 saturated carbocycles. The van der Waals surface area contributed by atoms with Crippen LogP contribution in [0.2, 0.25) is 5.02 Å². The van der Waals surface area contributed by atoms with Gasteiger partial charge in [-0.3, -0.25) is 0 Å². The fraction of sp³-hybridized carbons (Fsp3) is 0.600. The lowest BCUT2D eigenvalue weighted by Crippen LogP contribution is -2.32. The number of benzene rings is 1. The second-order valence-corrected chi connectivity index (χ2v) is 4.69. The second-order valence-electron chi connectivity index (χ2n) is 4.29. The standard InChI is InChI=1S/C15H24ClNO3/c1-3-19-10-8-17(9-11-20-4-2)15-13(12-18)6-5-7-14(15)16/h5-7,18H,3-4,8-12H2,1-2H3. The zero-order chi connectivity index (χ0) is 14.8. The molecule has 0 fully saturated rings. The van der Waals surface area contributed by atoms with Gasteiger partial charge >= 0.3 is 0 Å². The molecule has 0 atom stereocenters. The molecule has 1 rings (SSSR count). The van der Waals surface area contributed by atoms with Crippen molar-refractivity contribution in [2.24, 2.45) is 0 Å². The summed E-state index contributed by atoms with van der Waals surface area (Å²) >= 11 is 6.29. The average molecular weight is 302 g/mol. The first-order valence-electron chi connectivity index (χ1n) is 7.03. The minimum atomic E-state index is -0.0321. The largest absolute Gasteiger partial charge is 0.392 e. The molecule has 0 aromatic heterocycles. The van der Waals surface area contributed by atoms with E-state index in [0.717, 1.165) is 24.3 Å². The van der Waals surface area contributed by atoms with Crippen molar-refractivity contribution in [2.75, 3.05) is 44.4 Å². The highest BCUT2D eigenvalue weighted by molar-refractivity contribution is 6.33. The van der Waals surface area contributed by atoms with Crippen molar-refractivity contribution in [3.63, 3.8) is 0 Å². The summed E-state index contributed by atoms with van der Waals surface area (Å²) in [6.07, 6.45) is 0. The van der Waals surface area contributed by atoms with E-state index in [1.165, 1.54) is 0 Å². The topological polar surface area (TPSA) is 41.9 Å². The monoisotopic (exact) mass is 301 g/mol. The first kappa shape index (κ1) is 17.2. The van der Waals surface area contributed by atoms with Gasteiger partial charge in [-0.2, -0.15) is 0 Å². The van der Waals surface area contributed by atoms with E-state index in [4.69, 9.17) is 21.1 Å². The van der Waals surface area contributed by atoms with Gasteiger partial charge in [0.25, 0.3) is 0 Å². The molecular weight excluding hydrogens is 278 g/mol. The Kier molecular flexibility index (Phi) is 8.62. The number of aliphatic hydroxyl groups is 1. The molecule has 0 heterocycles. The quantitative estimate of drug-likeness (QED) is 0.675. The zero-order valence-electron chi connectivity index (χ0n) is 12.3. The molecule has 4 nitrogen and oxygen atoms in total. The smallest absolute Gasteiger partial charge is 0.0702 e. The Morgan fingerprint density at radius 3 is 2.20 bits per heavy atom. The lowest BCUT2D eigenvalue weighted by atomic mass is 10.1. The van der Waals surface area contributed by atoms with Gasteiger partial charge in [-0.25, -0.2) is 0 Å². The summed E-state index contributed by atoms with van der Waals surface area (Å²) < 4.78 is 10.8. The van der Waals surface area contributed by atoms with Crippen molar-refractivity contribution in [1.82, 2.24) is 0 Å². The van der Waals surface area contributed by atoms with Gasteiger partial charge < -0.3 is 19.5 Å². The zero-order valence-corrected chi connectivity index (χ0v) is 13.0. The van der Waals surface area contributed by atoms with E-state index in [2.05, 4.69) is 4.90 Å². The number of hydrogen-bond donors (Lipinski definition) is 1. The first-order chi connectivity index (χ1) is 9.74. The fourth-order valence-corrected chi connectivity index (χ4v) is 2.33. The molecule has 1 N–H and O–H groups in total. The predicted octanol–water partition coefficient (Wildman–Crippen LogP) is 2.71. The molecule has 0 aliphatic heterocycles. The first-order valence-corrected chi connectivity index (χ1v) is 7.41. The average Bonchev–Trinajstić information content (AvgIpc) is 2.46. The lowest BCUT2D eigenvalue weighted by Gasteiger charge is -2.27. The molecule has 0 aliphatic carbocycles. The van der Waals surface area contributed by atoms with Gasteiger partial charge in [0, 0.05) is 31.9 Å². The van der Waals surface area contributed by atoms with Crippen LogP contribution in [0.3, 0.4) is 0 Å². The van der Waals surface area contributed by atoms with Crippen LogP contribution in [-0.2, 0) is 16.1 Å². The number of nitrogens with zero attached hydrogens (tertiary/aromatic N) is 1. The van der Waals surface area contributed by atoms with E-state index in [0.29, 0.717) is 31.5 Å². The number of rotatable bonds is 10. The van der Waals surface area contributed by atoms with Gasteiger partial charge in [0.1, 0.15) is 0 Å². The molecule has 0 amide bonds. The van der Waals surface area contributed by atoms with Crippen LogP contribution in [0, 0.1) is 0 Å². The molecule has 1 aromatic carbocycles. The second kappa shape index (κ2) is 10.00. The van der Waals surface area contributed by atoms with Crippen LogP contribution in [0.1, 0.15) is 19.4 Å². The van der Waals surface area contributed by atoms with Crippen molar-refractivity contribution in [3.8, 4) is 0 Å². The van der Waals surface area contributed by atoms with Crippen LogP contribution in [0.25, 0.3) is 0 Å². The molecule has 0 bridgehead atoms. The molecule has 0 radical (unpaired) electrons. The number of ether oxygens (including phenoxy) is 2. The Bertz CT molecular complexity index is 377. The molecule has 0 unspecified atom stereocenters. The molecule has 1 aromatic rings. The molecule has 114 valence electrons. The summed E-state index contributed by atoms with van der Waals surface area (Å²) in [7, 11) is 0. The van der Waals surface area contributed by atoms with E-state index in [9.17, 15) is 5.11 Å². The third-order valence-corrected chi connectivity index (χ3v) is 3.28. The number of aliphatic hydroxyl groups excluding tert-OH is 1. The Balaban J connectivity index is 2.84. The maximum Gasteiger partial charge on any atom is 0.0702 e. The van der Waals surface area contributed by atoms with E-state index in [1.807, 2.05) is 32.0 Å². The van der Waals surface area contributed by atoms with Crippen molar-refractivity contribution >= 4 is 17.3 Å². The minimum Gasteiger partial charge on any atom is -0.392 e. The third kappa shape index (κ3) is 5.29. The minimum absolute atomic E-state index is 0.0321. The van der Waals surface area contributed by atoms with Gasteiger partial charge in [-0.05, 0) is 19.9 Å². The summed E-state index contributed by atoms with van der Waals surface area (Å²) in [5.41, 5.74) is 1.70. The van der Waals surface area contributed by atoms with Gasteiger partial charge in [-0.15, -0.1) is 0 Å².